The molecular formula is C14H15BrClNO3S. The van der Waals surface area contributed by atoms with E-state index in [2.05, 4.69) is 15.9 Å². The van der Waals surface area contributed by atoms with Crippen molar-refractivity contribution in [3.63, 3.8) is 0 Å². The summed E-state index contributed by atoms with van der Waals surface area (Å²) in [6, 6.07) is 5.13. The van der Waals surface area contributed by atoms with Gasteiger partial charge in [-0.2, -0.15) is 0 Å². The van der Waals surface area contributed by atoms with E-state index >= 15 is 0 Å². The van der Waals surface area contributed by atoms with E-state index in [1.165, 1.54) is 11.3 Å². The molecule has 2 aromatic rings. The molecule has 1 unspecified atom stereocenters. The van der Waals surface area contributed by atoms with Gasteiger partial charge in [0.15, 0.2) is 11.5 Å². The molecule has 0 amide bonds. The normalized spacial score (nSPS) is 12.1. The summed E-state index contributed by atoms with van der Waals surface area (Å²) in [6.07, 6.45) is 0. The molecule has 0 fully saturated rings. The molecule has 0 spiro atoms. The van der Waals surface area contributed by atoms with Crippen molar-refractivity contribution in [2.45, 2.75) is 6.04 Å². The summed E-state index contributed by atoms with van der Waals surface area (Å²) < 4.78 is 17.5. The van der Waals surface area contributed by atoms with Gasteiger partial charge in [0, 0.05) is 21.0 Å². The standard InChI is InChI=1S/C14H15BrClNO3S/c1-18-9-6-11(20-3)10(19-2)4-7(9)13(17)12-5-8(15)14(16)21-12/h4-6,13H,17H2,1-3H3. The van der Waals surface area contributed by atoms with Gasteiger partial charge in [-0.1, -0.05) is 11.6 Å². The summed E-state index contributed by atoms with van der Waals surface area (Å²) in [4.78, 5) is 0.928. The molecule has 0 saturated heterocycles. The fourth-order valence-electron chi connectivity index (χ4n) is 1.97. The van der Waals surface area contributed by atoms with Gasteiger partial charge < -0.3 is 19.9 Å². The van der Waals surface area contributed by atoms with Crippen LogP contribution in [0.3, 0.4) is 0 Å². The molecule has 0 aliphatic carbocycles. The number of halogens is 2. The number of thiophene rings is 1. The van der Waals surface area contributed by atoms with Crippen molar-refractivity contribution in [1.29, 1.82) is 0 Å². The molecule has 1 aromatic heterocycles. The highest BCUT2D eigenvalue weighted by Crippen LogP contribution is 2.42. The van der Waals surface area contributed by atoms with Crippen LogP contribution in [0.2, 0.25) is 4.34 Å². The smallest absolute Gasteiger partial charge is 0.164 e. The van der Waals surface area contributed by atoms with E-state index in [0.29, 0.717) is 21.6 Å². The Morgan fingerprint density at radius 3 is 2.10 bits per heavy atom. The van der Waals surface area contributed by atoms with Crippen molar-refractivity contribution in [3.8, 4) is 17.2 Å². The number of methoxy groups -OCH3 is 3. The van der Waals surface area contributed by atoms with Crippen molar-refractivity contribution in [2.75, 3.05) is 21.3 Å². The molecule has 0 aliphatic heterocycles. The Morgan fingerprint density at radius 1 is 1.05 bits per heavy atom. The quantitative estimate of drug-likeness (QED) is 0.827. The van der Waals surface area contributed by atoms with Gasteiger partial charge in [0.2, 0.25) is 0 Å². The molecule has 21 heavy (non-hydrogen) atoms. The molecule has 114 valence electrons. The van der Waals surface area contributed by atoms with Crippen LogP contribution in [0.25, 0.3) is 0 Å². The lowest BCUT2D eigenvalue weighted by Crippen LogP contribution is -2.12. The van der Waals surface area contributed by atoms with Crippen molar-refractivity contribution >= 4 is 38.9 Å². The predicted octanol–water partition coefficient (Wildman–Crippen LogP) is 4.24. The van der Waals surface area contributed by atoms with Crippen LogP contribution in [-0.2, 0) is 0 Å². The zero-order chi connectivity index (χ0) is 15.6. The first-order chi connectivity index (χ1) is 10.0. The van der Waals surface area contributed by atoms with Gasteiger partial charge in [0.25, 0.3) is 0 Å². The largest absolute Gasteiger partial charge is 0.496 e. The summed E-state index contributed by atoms with van der Waals surface area (Å²) in [5.41, 5.74) is 7.15. The molecule has 0 saturated carbocycles. The first-order valence-corrected chi connectivity index (χ1v) is 8.00. The molecule has 7 heteroatoms. The topological polar surface area (TPSA) is 53.7 Å². The fourth-order valence-corrected chi connectivity index (χ4v) is 3.72. The highest BCUT2D eigenvalue weighted by atomic mass is 79.9. The molecule has 1 aromatic carbocycles. The van der Waals surface area contributed by atoms with Gasteiger partial charge in [-0.3, -0.25) is 0 Å². The Bertz CT molecular complexity index is 628. The van der Waals surface area contributed by atoms with E-state index < -0.39 is 0 Å². The number of hydrogen-bond acceptors (Lipinski definition) is 5. The van der Waals surface area contributed by atoms with Gasteiger partial charge in [0.05, 0.1) is 27.4 Å². The minimum Gasteiger partial charge on any atom is -0.496 e. The lowest BCUT2D eigenvalue weighted by atomic mass is 10.0. The number of benzene rings is 1. The SMILES string of the molecule is COc1cc(OC)c(C(N)c2cc(Br)c(Cl)s2)cc1OC. The molecular weight excluding hydrogens is 378 g/mol. The summed E-state index contributed by atoms with van der Waals surface area (Å²) in [5, 5.41) is 0. The first-order valence-electron chi connectivity index (χ1n) is 6.02. The number of rotatable bonds is 5. The zero-order valence-electron chi connectivity index (χ0n) is 11.8. The van der Waals surface area contributed by atoms with Crippen molar-refractivity contribution in [2.24, 2.45) is 5.73 Å². The Morgan fingerprint density at radius 2 is 1.62 bits per heavy atom. The number of nitrogens with two attached hydrogens (primary N) is 1. The monoisotopic (exact) mass is 391 g/mol. The minimum absolute atomic E-state index is 0.367. The van der Waals surface area contributed by atoms with Crippen LogP contribution in [0.4, 0.5) is 0 Å². The summed E-state index contributed by atoms with van der Waals surface area (Å²) in [7, 11) is 4.75. The van der Waals surface area contributed by atoms with E-state index in [1.54, 1.807) is 27.4 Å². The second kappa shape index (κ2) is 6.87. The molecule has 0 radical (unpaired) electrons. The Balaban J connectivity index is 2.50. The van der Waals surface area contributed by atoms with Gasteiger partial charge in [0.1, 0.15) is 10.1 Å². The van der Waals surface area contributed by atoms with E-state index in [9.17, 15) is 0 Å². The molecule has 1 atom stereocenters. The highest BCUT2D eigenvalue weighted by molar-refractivity contribution is 9.10. The molecule has 0 bridgehead atoms. The average Bonchev–Trinajstić information content (AvgIpc) is 2.84. The molecule has 4 nitrogen and oxygen atoms in total. The molecule has 2 N–H and O–H groups in total. The fraction of sp³-hybridized carbons (Fsp3) is 0.286. The van der Waals surface area contributed by atoms with Gasteiger partial charge in [-0.05, 0) is 28.1 Å². The molecule has 2 rings (SSSR count). The highest BCUT2D eigenvalue weighted by Gasteiger charge is 2.21. The maximum absolute atomic E-state index is 6.34. The van der Waals surface area contributed by atoms with Crippen molar-refractivity contribution in [3.05, 3.63) is 37.4 Å². The third-order valence-corrected chi connectivity index (χ3v) is 5.60. The van der Waals surface area contributed by atoms with Gasteiger partial charge >= 0.3 is 0 Å². The van der Waals surface area contributed by atoms with Crippen LogP contribution >= 0.6 is 38.9 Å². The maximum Gasteiger partial charge on any atom is 0.164 e. The summed E-state index contributed by atoms with van der Waals surface area (Å²) >= 11 is 10.9. The van der Waals surface area contributed by atoms with E-state index in [4.69, 9.17) is 31.5 Å². The van der Waals surface area contributed by atoms with Crippen LogP contribution in [0.15, 0.2) is 22.7 Å². The van der Waals surface area contributed by atoms with Crippen LogP contribution in [-0.4, -0.2) is 21.3 Å². The predicted molar refractivity (Wildman–Crippen MR) is 89.2 cm³/mol. The van der Waals surface area contributed by atoms with E-state index in [1.807, 2.05) is 12.1 Å². The Labute approximate surface area is 140 Å². The second-order valence-corrected chi connectivity index (χ2v) is 6.74. The number of hydrogen-bond donors (Lipinski definition) is 1. The minimum atomic E-state index is -0.367. The lowest BCUT2D eigenvalue weighted by molar-refractivity contribution is 0.347. The van der Waals surface area contributed by atoms with Crippen molar-refractivity contribution in [1.82, 2.24) is 0 Å². The first kappa shape index (κ1) is 16.4. The third-order valence-electron chi connectivity index (χ3n) is 3.04. The van der Waals surface area contributed by atoms with Gasteiger partial charge in [-0.15, -0.1) is 11.3 Å². The summed E-state index contributed by atoms with van der Waals surface area (Å²) in [5.74, 6) is 1.84. The molecule has 1 heterocycles. The molecule has 0 aliphatic rings. The van der Waals surface area contributed by atoms with Crippen LogP contribution in [0.1, 0.15) is 16.5 Å². The Kier molecular flexibility index (Phi) is 5.37. The maximum atomic E-state index is 6.34. The number of ether oxygens (including phenoxy) is 3. The summed E-state index contributed by atoms with van der Waals surface area (Å²) in [6.45, 7) is 0. The van der Waals surface area contributed by atoms with Gasteiger partial charge in [-0.25, -0.2) is 0 Å². The van der Waals surface area contributed by atoms with Crippen LogP contribution in [0.5, 0.6) is 17.2 Å². The van der Waals surface area contributed by atoms with E-state index in [-0.39, 0.29) is 6.04 Å². The third kappa shape index (κ3) is 3.29. The average molecular weight is 393 g/mol. The second-order valence-electron chi connectivity index (χ2n) is 4.20. The zero-order valence-corrected chi connectivity index (χ0v) is 14.9. The van der Waals surface area contributed by atoms with Crippen LogP contribution < -0.4 is 19.9 Å². The van der Waals surface area contributed by atoms with E-state index in [0.717, 1.165) is 14.9 Å². The van der Waals surface area contributed by atoms with Crippen molar-refractivity contribution < 1.29 is 14.2 Å². The lowest BCUT2D eigenvalue weighted by Gasteiger charge is -2.17. The Hall–Kier alpha value is -0.950. The van der Waals surface area contributed by atoms with Crippen LogP contribution in [0, 0.1) is 0 Å².